The molecule has 5 nitrogen and oxygen atoms in total. The molecule has 0 spiro atoms. The lowest BCUT2D eigenvalue weighted by molar-refractivity contribution is 0.0963. The molecule has 0 saturated heterocycles. The van der Waals surface area contributed by atoms with Crippen molar-refractivity contribution in [1.29, 1.82) is 0 Å². The summed E-state index contributed by atoms with van der Waals surface area (Å²) in [7, 11) is 3.16. The molecule has 0 radical (unpaired) electrons. The quantitative estimate of drug-likeness (QED) is 0.719. The summed E-state index contributed by atoms with van der Waals surface area (Å²) in [6.07, 6.45) is 2.89. The van der Waals surface area contributed by atoms with Gasteiger partial charge in [0.2, 0.25) is 0 Å². The predicted octanol–water partition coefficient (Wildman–Crippen LogP) is 4.01. The maximum Gasteiger partial charge on any atom is 0.260 e. The highest BCUT2D eigenvalue weighted by atomic mass is 32.1. The van der Waals surface area contributed by atoms with E-state index in [0.29, 0.717) is 21.9 Å². The Labute approximate surface area is 161 Å². The Morgan fingerprint density at radius 1 is 1.07 bits per heavy atom. The van der Waals surface area contributed by atoms with E-state index in [9.17, 15) is 9.59 Å². The second-order valence-electron chi connectivity index (χ2n) is 6.49. The zero-order valence-corrected chi connectivity index (χ0v) is 16.0. The van der Waals surface area contributed by atoms with Crippen molar-refractivity contribution < 1.29 is 14.3 Å². The van der Waals surface area contributed by atoms with Gasteiger partial charge in [0.25, 0.3) is 11.8 Å². The maximum atomic E-state index is 13.0. The fourth-order valence-electron chi connectivity index (χ4n) is 3.59. The lowest BCUT2D eigenvalue weighted by Crippen LogP contribution is -2.21. The van der Waals surface area contributed by atoms with Gasteiger partial charge in [-0.25, -0.2) is 0 Å². The molecule has 1 aliphatic rings. The number of carbonyl (C=O) groups is 2. The normalized spacial score (nSPS) is 12.7. The van der Waals surface area contributed by atoms with Gasteiger partial charge in [-0.1, -0.05) is 24.3 Å². The fourth-order valence-corrected chi connectivity index (χ4v) is 4.88. The molecule has 4 rings (SSSR count). The van der Waals surface area contributed by atoms with Crippen LogP contribution in [0.1, 0.15) is 37.6 Å². The molecule has 2 amide bonds. The van der Waals surface area contributed by atoms with Gasteiger partial charge < -0.3 is 15.4 Å². The van der Waals surface area contributed by atoms with Gasteiger partial charge in [0.15, 0.2) is 0 Å². The van der Waals surface area contributed by atoms with Gasteiger partial charge >= 0.3 is 0 Å². The molecule has 2 aromatic carbocycles. The summed E-state index contributed by atoms with van der Waals surface area (Å²) in [6, 6.07) is 11.5. The number of thiophene rings is 1. The topological polar surface area (TPSA) is 67.4 Å². The van der Waals surface area contributed by atoms with E-state index in [1.807, 2.05) is 36.4 Å². The number of rotatable bonds is 4. The number of benzene rings is 2. The standard InChI is InChI=1S/C21H20N2O3S/c1-22-20(25)18-14-8-5-9-17(14)27-21(18)23-19(24)15-10-12-6-3-4-7-13(12)11-16(15)26-2/h3-4,6-7,10-11H,5,8-9H2,1-2H3,(H,22,25)(H,23,24). The zero-order chi connectivity index (χ0) is 19.0. The van der Waals surface area contributed by atoms with Crippen LogP contribution in [-0.2, 0) is 12.8 Å². The molecule has 0 unspecified atom stereocenters. The summed E-state index contributed by atoms with van der Waals surface area (Å²) in [6.45, 7) is 0. The second-order valence-corrected chi connectivity index (χ2v) is 7.60. The van der Waals surface area contributed by atoms with Crippen molar-refractivity contribution in [2.24, 2.45) is 0 Å². The van der Waals surface area contributed by atoms with E-state index in [1.54, 1.807) is 14.2 Å². The molecular weight excluding hydrogens is 360 g/mol. The number of ether oxygens (including phenoxy) is 1. The van der Waals surface area contributed by atoms with Crippen molar-refractivity contribution in [2.45, 2.75) is 19.3 Å². The summed E-state index contributed by atoms with van der Waals surface area (Å²) in [5.74, 6) is 0.0784. The monoisotopic (exact) mass is 380 g/mol. The number of hydrogen-bond donors (Lipinski definition) is 2. The van der Waals surface area contributed by atoms with Gasteiger partial charge in [-0.2, -0.15) is 0 Å². The Morgan fingerprint density at radius 2 is 1.81 bits per heavy atom. The minimum absolute atomic E-state index is 0.157. The molecule has 3 aromatic rings. The van der Waals surface area contributed by atoms with Gasteiger partial charge in [-0.3, -0.25) is 9.59 Å². The van der Waals surface area contributed by atoms with E-state index in [1.165, 1.54) is 16.2 Å². The first kappa shape index (κ1) is 17.5. The number of hydrogen-bond acceptors (Lipinski definition) is 4. The third-order valence-corrected chi connectivity index (χ3v) is 6.12. The lowest BCUT2D eigenvalue weighted by atomic mass is 10.1. The second kappa shape index (κ2) is 7.04. The molecule has 27 heavy (non-hydrogen) atoms. The third-order valence-electron chi connectivity index (χ3n) is 4.91. The van der Waals surface area contributed by atoms with Crippen molar-refractivity contribution in [3.8, 4) is 5.75 Å². The summed E-state index contributed by atoms with van der Waals surface area (Å²) in [5, 5.41) is 8.22. The van der Waals surface area contributed by atoms with Crippen LogP contribution in [0.2, 0.25) is 0 Å². The summed E-state index contributed by atoms with van der Waals surface area (Å²) in [4.78, 5) is 26.6. The minimum Gasteiger partial charge on any atom is -0.496 e. The SMILES string of the molecule is CNC(=O)c1c(NC(=O)c2cc3ccccc3cc2OC)sc2c1CCC2. The van der Waals surface area contributed by atoms with Crippen LogP contribution in [0, 0.1) is 0 Å². The molecule has 1 aliphatic carbocycles. The Morgan fingerprint density at radius 3 is 2.52 bits per heavy atom. The van der Waals surface area contributed by atoms with Crippen molar-refractivity contribution in [3.05, 3.63) is 58.0 Å². The molecule has 0 aliphatic heterocycles. The first-order chi connectivity index (χ1) is 13.1. The minimum atomic E-state index is -0.275. The van der Waals surface area contributed by atoms with E-state index >= 15 is 0 Å². The van der Waals surface area contributed by atoms with Crippen molar-refractivity contribution in [1.82, 2.24) is 5.32 Å². The van der Waals surface area contributed by atoms with Crippen LogP contribution < -0.4 is 15.4 Å². The van der Waals surface area contributed by atoms with Gasteiger partial charge in [-0.05, 0) is 47.7 Å². The van der Waals surface area contributed by atoms with Gasteiger partial charge in [0.1, 0.15) is 10.8 Å². The first-order valence-electron chi connectivity index (χ1n) is 8.87. The van der Waals surface area contributed by atoms with Crippen LogP contribution >= 0.6 is 11.3 Å². The molecule has 0 fully saturated rings. The molecule has 2 N–H and O–H groups in total. The van der Waals surface area contributed by atoms with E-state index in [0.717, 1.165) is 35.6 Å². The van der Waals surface area contributed by atoms with Gasteiger partial charge in [-0.15, -0.1) is 11.3 Å². The molecule has 0 bridgehead atoms. The molecule has 0 saturated carbocycles. The van der Waals surface area contributed by atoms with Crippen LogP contribution in [0.25, 0.3) is 10.8 Å². The Kier molecular flexibility index (Phi) is 4.58. The number of methoxy groups -OCH3 is 1. The third kappa shape index (κ3) is 3.06. The molecule has 0 atom stereocenters. The molecule has 6 heteroatoms. The summed E-state index contributed by atoms with van der Waals surface area (Å²) < 4.78 is 5.44. The van der Waals surface area contributed by atoms with E-state index in [4.69, 9.17) is 4.74 Å². The van der Waals surface area contributed by atoms with Crippen molar-refractivity contribution in [3.63, 3.8) is 0 Å². The Hall–Kier alpha value is -2.86. The highest BCUT2D eigenvalue weighted by molar-refractivity contribution is 7.17. The first-order valence-corrected chi connectivity index (χ1v) is 9.68. The molecule has 1 aromatic heterocycles. The van der Waals surface area contributed by atoms with Gasteiger partial charge in [0.05, 0.1) is 18.2 Å². The smallest absolute Gasteiger partial charge is 0.260 e. The van der Waals surface area contributed by atoms with E-state index in [-0.39, 0.29) is 11.8 Å². The number of fused-ring (bicyclic) bond motifs is 2. The molecular formula is C21H20N2O3S. The van der Waals surface area contributed by atoms with Crippen LogP contribution in [0.5, 0.6) is 5.75 Å². The van der Waals surface area contributed by atoms with E-state index < -0.39 is 0 Å². The Balaban J connectivity index is 1.73. The lowest BCUT2D eigenvalue weighted by Gasteiger charge is -2.12. The highest BCUT2D eigenvalue weighted by Gasteiger charge is 2.27. The molecule has 1 heterocycles. The number of aryl methyl sites for hydroxylation is 1. The average Bonchev–Trinajstić information content (AvgIpc) is 3.27. The fraction of sp³-hybridized carbons (Fsp3) is 0.238. The van der Waals surface area contributed by atoms with Crippen LogP contribution in [0.15, 0.2) is 36.4 Å². The maximum absolute atomic E-state index is 13.0. The van der Waals surface area contributed by atoms with Crippen molar-refractivity contribution >= 4 is 38.9 Å². The largest absolute Gasteiger partial charge is 0.496 e. The number of nitrogens with one attached hydrogen (secondary N) is 2. The Bertz CT molecular complexity index is 1060. The predicted molar refractivity (Wildman–Crippen MR) is 108 cm³/mol. The number of amides is 2. The van der Waals surface area contributed by atoms with Crippen molar-refractivity contribution in [2.75, 3.05) is 19.5 Å². The molecule has 138 valence electrons. The highest BCUT2D eigenvalue weighted by Crippen LogP contribution is 2.39. The van der Waals surface area contributed by atoms with E-state index in [2.05, 4.69) is 10.6 Å². The van der Waals surface area contributed by atoms with Crippen LogP contribution in [-0.4, -0.2) is 26.0 Å². The zero-order valence-electron chi connectivity index (χ0n) is 15.2. The number of anilines is 1. The summed E-state index contributed by atoms with van der Waals surface area (Å²) >= 11 is 1.50. The van der Waals surface area contributed by atoms with Crippen LogP contribution in [0.4, 0.5) is 5.00 Å². The summed E-state index contributed by atoms with van der Waals surface area (Å²) in [5.41, 5.74) is 2.12. The average molecular weight is 380 g/mol. The number of carbonyl (C=O) groups excluding carboxylic acids is 2. The van der Waals surface area contributed by atoms with Crippen LogP contribution in [0.3, 0.4) is 0 Å². The van der Waals surface area contributed by atoms with Gasteiger partial charge in [0, 0.05) is 11.9 Å².